The van der Waals surface area contributed by atoms with Gasteiger partial charge in [-0.05, 0) is 36.8 Å². The lowest BCUT2D eigenvalue weighted by atomic mass is 10.2. The van der Waals surface area contributed by atoms with E-state index in [0.717, 1.165) is 5.56 Å². The zero-order valence-electron chi connectivity index (χ0n) is 12.1. The Morgan fingerprint density at radius 3 is 2.55 bits per heavy atom. The number of esters is 1. The van der Waals surface area contributed by atoms with Crippen molar-refractivity contribution < 1.29 is 14.1 Å². The lowest BCUT2D eigenvalue weighted by Crippen LogP contribution is -2.30. The highest BCUT2D eigenvalue weighted by Gasteiger charge is 2.14. The van der Waals surface area contributed by atoms with Crippen LogP contribution < -0.4 is 9.61 Å². The van der Waals surface area contributed by atoms with Crippen LogP contribution in [0.4, 0.5) is 0 Å². The molecule has 2 aromatic carbocycles. The maximum absolute atomic E-state index is 11.9. The second-order valence-corrected chi connectivity index (χ2v) is 5.75. The number of rotatable bonds is 7. The van der Waals surface area contributed by atoms with Crippen molar-refractivity contribution in [3.05, 3.63) is 65.2 Å². The second kappa shape index (κ2) is 8.74. The first-order valence-corrected chi connectivity index (χ1v) is 8.07. The van der Waals surface area contributed by atoms with Crippen molar-refractivity contribution in [3.8, 4) is 5.75 Å². The second-order valence-electron chi connectivity index (χ2n) is 4.62. The fourth-order valence-corrected chi connectivity index (χ4v) is 2.33. The number of carbonyl (C=O) groups is 1. The van der Waals surface area contributed by atoms with Crippen LogP contribution in [-0.4, -0.2) is 12.0 Å². The number of hydrogen-bond acceptors (Lipinski definition) is 4. The van der Waals surface area contributed by atoms with E-state index in [4.69, 9.17) is 20.9 Å². The molecule has 22 heavy (non-hydrogen) atoms. The van der Waals surface area contributed by atoms with Crippen LogP contribution in [0, 0.1) is 0 Å². The lowest BCUT2D eigenvalue weighted by Gasteiger charge is -2.13. The Morgan fingerprint density at radius 1 is 1.18 bits per heavy atom. The van der Waals surface area contributed by atoms with Crippen LogP contribution in [0.15, 0.2) is 54.6 Å². The molecule has 2 atom stereocenters. The van der Waals surface area contributed by atoms with Crippen LogP contribution in [0.25, 0.3) is 0 Å². The van der Waals surface area contributed by atoms with Crippen LogP contribution in [0.3, 0.4) is 0 Å². The standard InChI is InChI=1S/C16H17ClNO3P/c1-12(16(19)20-11-13-5-3-2-4-6-13)18-22-21-15-9-7-14(17)8-10-15/h2-10,12,18,22H,11H2,1H3. The smallest absolute Gasteiger partial charge is 0.323 e. The molecule has 0 aliphatic rings. The SMILES string of the molecule is CC(NPOc1ccc(Cl)cc1)C(=O)OCc1ccccc1. The van der Waals surface area contributed by atoms with Crippen LogP contribution >= 0.6 is 20.6 Å². The fourth-order valence-electron chi connectivity index (χ4n) is 1.59. The Hall–Kier alpha value is -1.61. The highest BCUT2D eigenvalue weighted by Crippen LogP contribution is 2.21. The molecule has 0 heterocycles. The third kappa shape index (κ3) is 5.64. The van der Waals surface area contributed by atoms with Crippen molar-refractivity contribution in [1.82, 2.24) is 5.09 Å². The van der Waals surface area contributed by atoms with Crippen LogP contribution in [0.5, 0.6) is 5.75 Å². The molecule has 0 radical (unpaired) electrons. The average Bonchev–Trinajstić information content (AvgIpc) is 2.55. The molecule has 116 valence electrons. The minimum atomic E-state index is -0.436. The lowest BCUT2D eigenvalue weighted by molar-refractivity contribution is -0.146. The van der Waals surface area contributed by atoms with E-state index in [9.17, 15) is 4.79 Å². The molecule has 2 rings (SSSR count). The van der Waals surface area contributed by atoms with Gasteiger partial charge in [0.1, 0.15) is 27.4 Å². The van der Waals surface area contributed by atoms with E-state index in [1.54, 1.807) is 31.2 Å². The van der Waals surface area contributed by atoms with E-state index in [-0.39, 0.29) is 21.5 Å². The Bertz CT molecular complexity index is 592. The van der Waals surface area contributed by atoms with Gasteiger partial charge in [0.25, 0.3) is 0 Å². The quantitative estimate of drug-likeness (QED) is 0.614. The summed E-state index contributed by atoms with van der Waals surface area (Å²) in [6, 6.07) is 16.2. The largest absolute Gasteiger partial charge is 0.461 e. The molecule has 0 aliphatic carbocycles. The molecule has 0 saturated heterocycles. The Morgan fingerprint density at radius 2 is 1.86 bits per heavy atom. The number of nitrogens with one attached hydrogen (secondary N) is 1. The summed E-state index contributed by atoms with van der Waals surface area (Å²) in [5.41, 5.74) is 0.961. The van der Waals surface area contributed by atoms with Crippen LogP contribution in [0.2, 0.25) is 5.02 Å². The third-order valence-corrected chi connectivity index (χ3v) is 3.98. The molecular weight excluding hydrogens is 321 g/mol. The minimum Gasteiger partial charge on any atom is -0.461 e. The molecule has 0 saturated carbocycles. The number of benzene rings is 2. The first-order valence-electron chi connectivity index (χ1n) is 6.78. The topological polar surface area (TPSA) is 47.6 Å². The van der Waals surface area contributed by atoms with Gasteiger partial charge >= 0.3 is 5.97 Å². The predicted octanol–water partition coefficient (Wildman–Crippen LogP) is 3.95. The zero-order valence-corrected chi connectivity index (χ0v) is 13.8. The normalized spacial score (nSPS) is 12.3. The average molecular weight is 338 g/mol. The molecule has 6 heteroatoms. The van der Waals surface area contributed by atoms with Gasteiger partial charge in [-0.15, -0.1) is 0 Å². The molecule has 1 N–H and O–H groups in total. The van der Waals surface area contributed by atoms with Gasteiger partial charge in [0.05, 0.1) is 0 Å². The molecule has 0 spiro atoms. The molecule has 0 bridgehead atoms. The van der Waals surface area contributed by atoms with Gasteiger partial charge in [-0.3, -0.25) is 9.88 Å². The van der Waals surface area contributed by atoms with E-state index in [1.807, 2.05) is 30.3 Å². The molecule has 0 aromatic heterocycles. The number of carbonyl (C=O) groups excluding carboxylic acids is 1. The van der Waals surface area contributed by atoms with Crippen molar-refractivity contribution in [2.75, 3.05) is 0 Å². The summed E-state index contributed by atoms with van der Waals surface area (Å²) in [6.45, 7) is 2.01. The minimum absolute atomic E-state index is 0.0434. The van der Waals surface area contributed by atoms with Crippen molar-refractivity contribution >= 4 is 26.5 Å². The molecule has 4 nitrogen and oxygen atoms in total. The van der Waals surface area contributed by atoms with E-state index < -0.39 is 6.04 Å². The van der Waals surface area contributed by atoms with Gasteiger partial charge in [-0.1, -0.05) is 41.9 Å². The maximum atomic E-state index is 11.9. The van der Waals surface area contributed by atoms with Crippen molar-refractivity contribution in [1.29, 1.82) is 0 Å². The Kier molecular flexibility index (Phi) is 6.66. The van der Waals surface area contributed by atoms with Crippen LogP contribution in [-0.2, 0) is 16.1 Å². The van der Waals surface area contributed by atoms with Gasteiger partial charge in [0, 0.05) is 5.02 Å². The molecule has 2 unspecified atom stereocenters. The van der Waals surface area contributed by atoms with Gasteiger partial charge in [-0.2, -0.15) is 0 Å². The van der Waals surface area contributed by atoms with E-state index >= 15 is 0 Å². The summed E-state index contributed by atoms with van der Waals surface area (Å²) in [4.78, 5) is 11.9. The summed E-state index contributed by atoms with van der Waals surface area (Å²) in [6.07, 6.45) is 0. The van der Waals surface area contributed by atoms with Crippen molar-refractivity contribution in [2.45, 2.75) is 19.6 Å². The van der Waals surface area contributed by atoms with E-state index in [2.05, 4.69) is 5.09 Å². The van der Waals surface area contributed by atoms with Crippen LogP contribution in [0.1, 0.15) is 12.5 Å². The summed E-state index contributed by atoms with van der Waals surface area (Å²) in [5, 5.41) is 3.63. The molecule has 0 aliphatic heterocycles. The number of hydrogen-bond donors (Lipinski definition) is 1. The summed E-state index contributed by atoms with van der Waals surface area (Å²) >= 11 is 5.79. The number of ether oxygens (including phenoxy) is 1. The molecule has 2 aromatic rings. The van der Waals surface area contributed by atoms with Gasteiger partial charge in [0.2, 0.25) is 0 Å². The first-order chi connectivity index (χ1) is 10.6. The van der Waals surface area contributed by atoms with Crippen molar-refractivity contribution in [2.24, 2.45) is 0 Å². The first kappa shape index (κ1) is 16.8. The maximum Gasteiger partial charge on any atom is 0.323 e. The summed E-state index contributed by atoms with van der Waals surface area (Å²) in [7, 11) is -0.0434. The predicted molar refractivity (Wildman–Crippen MR) is 89.2 cm³/mol. The monoisotopic (exact) mass is 337 g/mol. The van der Waals surface area contributed by atoms with Gasteiger partial charge in [-0.25, -0.2) is 0 Å². The molecule has 0 amide bonds. The van der Waals surface area contributed by atoms with E-state index in [1.165, 1.54) is 0 Å². The van der Waals surface area contributed by atoms with Gasteiger partial charge < -0.3 is 9.26 Å². The zero-order chi connectivity index (χ0) is 15.8. The fraction of sp³-hybridized carbons (Fsp3) is 0.188. The Labute approximate surface area is 136 Å². The van der Waals surface area contributed by atoms with E-state index in [0.29, 0.717) is 10.8 Å². The van der Waals surface area contributed by atoms with Crippen molar-refractivity contribution in [3.63, 3.8) is 0 Å². The Balaban J connectivity index is 1.69. The molecule has 0 fully saturated rings. The third-order valence-electron chi connectivity index (χ3n) is 2.84. The number of halogens is 1. The molecular formula is C16H17ClNO3P. The summed E-state index contributed by atoms with van der Waals surface area (Å²) < 4.78 is 10.7. The highest BCUT2D eigenvalue weighted by atomic mass is 35.5. The van der Waals surface area contributed by atoms with Gasteiger partial charge in [0.15, 0.2) is 0 Å². The summed E-state index contributed by atoms with van der Waals surface area (Å²) in [5.74, 6) is 0.385. The highest BCUT2D eigenvalue weighted by molar-refractivity contribution is 7.30.